The molecule has 1 aliphatic heterocycles. The lowest BCUT2D eigenvalue weighted by atomic mass is 9.95. The van der Waals surface area contributed by atoms with Crippen molar-refractivity contribution in [3.05, 3.63) is 89.0 Å². The van der Waals surface area contributed by atoms with Crippen molar-refractivity contribution in [2.45, 2.75) is 39.8 Å². The lowest BCUT2D eigenvalue weighted by Gasteiger charge is -2.26. The van der Waals surface area contributed by atoms with Gasteiger partial charge in [0.15, 0.2) is 4.80 Å². The first-order valence-electron chi connectivity index (χ1n) is 11.4. The summed E-state index contributed by atoms with van der Waals surface area (Å²) in [4.78, 5) is 43.0. The number of hydrogen-bond acceptors (Lipinski definition) is 8. The van der Waals surface area contributed by atoms with Gasteiger partial charge in [-0.3, -0.25) is 14.2 Å². The van der Waals surface area contributed by atoms with E-state index in [1.807, 2.05) is 32.0 Å². The second kappa shape index (κ2) is 10.9. The van der Waals surface area contributed by atoms with Gasteiger partial charge >= 0.3 is 11.9 Å². The summed E-state index contributed by atoms with van der Waals surface area (Å²) in [6.45, 7) is 6.88. The topological polar surface area (TPSA) is 96.2 Å². The van der Waals surface area contributed by atoms with E-state index in [9.17, 15) is 14.4 Å². The van der Waals surface area contributed by atoms with Crippen LogP contribution in [0.25, 0.3) is 6.08 Å². The Morgan fingerprint density at radius 1 is 1.16 bits per heavy atom. The smallest absolute Gasteiger partial charge is 0.338 e. The van der Waals surface area contributed by atoms with Crippen LogP contribution in [0.3, 0.4) is 0 Å². The summed E-state index contributed by atoms with van der Waals surface area (Å²) in [5, 5.41) is 0. The maximum absolute atomic E-state index is 13.8. The number of carbonyl (C=O) groups excluding carboxylic acids is 2. The first-order chi connectivity index (χ1) is 17.6. The molecule has 1 unspecified atom stereocenters. The molecule has 3 aromatic rings. The molecule has 0 radical (unpaired) electrons. The number of thiazole rings is 1. The largest absolute Gasteiger partial charge is 0.491 e. The molecular formula is C27H25BrN2O6S. The SMILES string of the molecule is COC(=O)C1=C(C)N=c2sc(=Cc3ccc(OC(C)=O)cc3)c(=O)n2C1c1cc(Br)ccc1OC(C)C. The first-order valence-corrected chi connectivity index (χ1v) is 13.1. The Labute approximate surface area is 225 Å². The summed E-state index contributed by atoms with van der Waals surface area (Å²) >= 11 is 4.74. The van der Waals surface area contributed by atoms with Crippen molar-refractivity contribution < 1.29 is 23.8 Å². The highest BCUT2D eigenvalue weighted by Gasteiger charge is 2.35. The van der Waals surface area contributed by atoms with Crippen molar-refractivity contribution in [3.63, 3.8) is 0 Å². The average Bonchev–Trinajstić information content (AvgIpc) is 3.14. The molecule has 0 amide bonds. The molecule has 0 aliphatic carbocycles. The van der Waals surface area contributed by atoms with Gasteiger partial charge in [-0.25, -0.2) is 9.79 Å². The van der Waals surface area contributed by atoms with Crippen molar-refractivity contribution >= 4 is 45.3 Å². The zero-order chi connectivity index (χ0) is 26.9. The van der Waals surface area contributed by atoms with Crippen LogP contribution in [0.15, 0.2) is 68.0 Å². The van der Waals surface area contributed by atoms with Gasteiger partial charge in [-0.05, 0) is 62.7 Å². The predicted octanol–water partition coefficient (Wildman–Crippen LogP) is 3.88. The Morgan fingerprint density at radius 2 is 1.86 bits per heavy atom. The van der Waals surface area contributed by atoms with Crippen molar-refractivity contribution in [2.75, 3.05) is 7.11 Å². The fourth-order valence-corrected chi connectivity index (χ4v) is 5.46. The van der Waals surface area contributed by atoms with Crippen molar-refractivity contribution in [1.82, 2.24) is 4.57 Å². The Bertz CT molecular complexity index is 1580. The summed E-state index contributed by atoms with van der Waals surface area (Å²) in [5.74, 6) is -0.0185. The molecule has 2 heterocycles. The van der Waals surface area contributed by atoms with Crippen LogP contribution in [-0.4, -0.2) is 29.7 Å². The summed E-state index contributed by atoms with van der Waals surface area (Å²) in [5.41, 5.74) is 1.80. The van der Waals surface area contributed by atoms with Gasteiger partial charge in [0.1, 0.15) is 17.5 Å². The third-order valence-corrected chi connectivity index (χ3v) is 6.97. The molecule has 0 bridgehead atoms. The fraction of sp³-hybridized carbons (Fsp3) is 0.259. The summed E-state index contributed by atoms with van der Waals surface area (Å²) in [7, 11) is 1.30. The number of benzene rings is 2. The molecule has 4 rings (SSSR count). The standard InChI is InChI=1S/C27H25BrN2O6S/c1-14(2)35-21-11-8-18(28)13-20(21)24-23(26(33)34-5)15(3)29-27-30(24)25(32)22(37-27)12-17-6-9-19(10-7-17)36-16(4)31/h6-14,24H,1-5H3. The van der Waals surface area contributed by atoms with Gasteiger partial charge in [-0.2, -0.15) is 0 Å². The highest BCUT2D eigenvalue weighted by Crippen LogP contribution is 2.37. The van der Waals surface area contributed by atoms with E-state index in [0.29, 0.717) is 32.1 Å². The van der Waals surface area contributed by atoms with Gasteiger partial charge < -0.3 is 14.2 Å². The Morgan fingerprint density at radius 3 is 2.49 bits per heavy atom. The third kappa shape index (κ3) is 5.60. The van der Waals surface area contributed by atoms with E-state index in [2.05, 4.69) is 20.9 Å². The fourth-order valence-electron chi connectivity index (χ4n) is 4.03. The number of esters is 2. The summed E-state index contributed by atoms with van der Waals surface area (Å²) in [6, 6.07) is 11.5. The molecule has 2 aromatic carbocycles. The van der Waals surface area contributed by atoms with Gasteiger partial charge in [-0.15, -0.1) is 0 Å². The minimum atomic E-state index is -0.802. The summed E-state index contributed by atoms with van der Waals surface area (Å²) < 4.78 is 19.0. The Kier molecular flexibility index (Phi) is 7.79. The van der Waals surface area contributed by atoms with Crippen molar-refractivity contribution in [2.24, 2.45) is 4.99 Å². The molecule has 1 atom stereocenters. The zero-order valence-corrected chi connectivity index (χ0v) is 23.3. The maximum Gasteiger partial charge on any atom is 0.338 e. The average molecular weight is 585 g/mol. The second-order valence-electron chi connectivity index (χ2n) is 8.58. The zero-order valence-electron chi connectivity index (χ0n) is 20.9. The van der Waals surface area contributed by atoms with Crippen LogP contribution in [0.4, 0.5) is 0 Å². The number of methoxy groups -OCH3 is 1. The lowest BCUT2D eigenvalue weighted by Crippen LogP contribution is -2.40. The molecule has 0 spiro atoms. The van der Waals surface area contributed by atoms with Gasteiger partial charge in [0.25, 0.3) is 5.56 Å². The van der Waals surface area contributed by atoms with E-state index >= 15 is 0 Å². The van der Waals surface area contributed by atoms with Crippen LogP contribution >= 0.6 is 27.3 Å². The van der Waals surface area contributed by atoms with Crippen molar-refractivity contribution in [3.8, 4) is 11.5 Å². The molecular weight excluding hydrogens is 560 g/mol. The van der Waals surface area contributed by atoms with Gasteiger partial charge in [-0.1, -0.05) is 39.4 Å². The van der Waals surface area contributed by atoms with Crippen LogP contribution < -0.4 is 24.4 Å². The van der Waals surface area contributed by atoms with E-state index < -0.39 is 18.0 Å². The summed E-state index contributed by atoms with van der Waals surface area (Å²) in [6.07, 6.45) is 1.61. The Balaban J connectivity index is 1.93. The molecule has 192 valence electrons. The molecule has 0 N–H and O–H groups in total. The molecule has 1 aliphatic rings. The minimum absolute atomic E-state index is 0.127. The van der Waals surface area contributed by atoms with E-state index in [-0.39, 0.29) is 17.2 Å². The molecule has 0 saturated heterocycles. The molecule has 0 saturated carbocycles. The quantitative estimate of drug-likeness (QED) is 0.322. The number of rotatable bonds is 6. The number of fused-ring (bicyclic) bond motifs is 1. The number of hydrogen-bond donors (Lipinski definition) is 0. The number of halogens is 1. The maximum atomic E-state index is 13.8. The van der Waals surface area contributed by atoms with E-state index in [0.717, 1.165) is 10.0 Å². The van der Waals surface area contributed by atoms with Crippen LogP contribution in [-0.2, 0) is 14.3 Å². The lowest BCUT2D eigenvalue weighted by molar-refractivity contribution is -0.136. The minimum Gasteiger partial charge on any atom is -0.491 e. The van der Waals surface area contributed by atoms with Gasteiger partial charge in [0.2, 0.25) is 0 Å². The highest BCUT2D eigenvalue weighted by atomic mass is 79.9. The van der Waals surface area contributed by atoms with Gasteiger partial charge in [0, 0.05) is 17.0 Å². The molecule has 0 fully saturated rings. The molecule has 8 nitrogen and oxygen atoms in total. The number of aromatic nitrogens is 1. The third-order valence-electron chi connectivity index (χ3n) is 5.50. The van der Waals surface area contributed by atoms with E-state index in [1.54, 1.807) is 37.3 Å². The molecule has 10 heteroatoms. The van der Waals surface area contributed by atoms with E-state index in [1.165, 1.54) is 29.9 Å². The van der Waals surface area contributed by atoms with Crippen LogP contribution in [0.1, 0.15) is 44.9 Å². The second-order valence-corrected chi connectivity index (χ2v) is 10.5. The van der Waals surface area contributed by atoms with Gasteiger partial charge in [0.05, 0.1) is 29.0 Å². The molecule has 1 aromatic heterocycles. The number of nitrogens with zero attached hydrogens (tertiary/aromatic N) is 2. The monoisotopic (exact) mass is 584 g/mol. The molecule has 37 heavy (non-hydrogen) atoms. The Hall–Kier alpha value is -3.50. The predicted molar refractivity (Wildman–Crippen MR) is 143 cm³/mol. The van der Waals surface area contributed by atoms with Crippen LogP contribution in [0, 0.1) is 0 Å². The first kappa shape index (κ1) is 26.6. The number of allylic oxidation sites excluding steroid dienone is 1. The highest BCUT2D eigenvalue weighted by molar-refractivity contribution is 9.10. The van der Waals surface area contributed by atoms with E-state index in [4.69, 9.17) is 14.2 Å². The van der Waals surface area contributed by atoms with Crippen molar-refractivity contribution in [1.29, 1.82) is 0 Å². The number of carbonyl (C=O) groups is 2. The van der Waals surface area contributed by atoms with Crippen LogP contribution in [0.2, 0.25) is 0 Å². The normalized spacial score (nSPS) is 15.3. The van der Waals surface area contributed by atoms with Crippen LogP contribution in [0.5, 0.6) is 11.5 Å². The number of ether oxygens (including phenoxy) is 3.